The molecule has 0 aliphatic rings. The molecule has 2 heterocycles. The van der Waals surface area contributed by atoms with E-state index < -0.39 is 60.1 Å². The third kappa shape index (κ3) is 11.2. The quantitative estimate of drug-likeness (QED) is 0.0961. The molecule has 2 aromatic heterocycles. The predicted molar refractivity (Wildman–Crippen MR) is 200 cm³/mol. The molecule has 13 heteroatoms. The van der Waals surface area contributed by atoms with E-state index in [1.165, 1.54) is 24.5 Å². The summed E-state index contributed by atoms with van der Waals surface area (Å²) in [6, 6.07) is 29.8. The van der Waals surface area contributed by atoms with Crippen LogP contribution >= 0.6 is 0 Å². The van der Waals surface area contributed by atoms with Gasteiger partial charge in [0.1, 0.15) is 31.0 Å². The van der Waals surface area contributed by atoms with Gasteiger partial charge >= 0.3 is 12.0 Å². The van der Waals surface area contributed by atoms with Crippen LogP contribution in [0.3, 0.4) is 0 Å². The van der Waals surface area contributed by atoms with Gasteiger partial charge in [0.15, 0.2) is 0 Å². The number of aromatic nitrogens is 2. The molecule has 5 rings (SSSR count). The fourth-order valence-electron chi connectivity index (χ4n) is 5.54. The van der Waals surface area contributed by atoms with E-state index >= 15 is 8.78 Å². The van der Waals surface area contributed by atoms with Gasteiger partial charge in [-0.1, -0.05) is 98.8 Å². The average molecular weight is 750 g/mol. The van der Waals surface area contributed by atoms with Gasteiger partial charge in [0.2, 0.25) is 11.7 Å². The summed E-state index contributed by atoms with van der Waals surface area (Å²) in [6.45, 7) is 3.47. The van der Waals surface area contributed by atoms with Gasteiger partial charge < -0.3 is 25.4 Å². The molecule has 0 saturated heterocycles. The fraction of sp³-hybridized carbons (Fsp3) is 0.238. The lowest BCUT2D eigenvalue weighted by Crippen LogP contribution is -2.59. The molecule has 0 fully saturated rings. The second-order valence-corrected chi connectivity index (χ2v) is 13.0. The minimum atomic E-state index is -4.63. The van der Waals surface area contributed by atoms with Crippen LogP contribution in [0, 0.1) is 5.92 Å². The summed E-state index contributed by atoms with van der Waals surface area (Å²) in [5.74, 6) is -9.40. The molecule has 55 heavy (non-hydrogen) atoms. The number of hydrogen-bond acceptors (Lipinski definition) is 8. The summed E-state index contributed by atoms with van der Waals surface area (Å²) >= 11 is 0. The molecule has 3 amide bonds. The second kappa shape index (κ2) is 19.0. The van der Waals surface area contributed by atoms with E-state index in [0.29, 0.717) is 16.9 Å². The number of hydrogen-bond donors (Lipinski definition) is 3. The smallest absolute Gasteiger partial charge is 0.408 e. The number of benzene rings is 3. The molecule has 0 aliphatic carbocycles. The summed E-state index contributed by atoms with van der Waals surface area (Å²) in [6.07, 6.45) is 1.52. The number of nitrogens with zero attached hydrogens (tertiary/aromatic N) is 2. The zero-order valence-electron chi connectivity index (χ0n) is 30.2. The van der Waals surface area contributed by atoms with Crippen molar-refractivity contribution >= 4 is 23.7 Å². The highest BCUT2D eigenvalue weighted by Gasteiger charge is 2.51. The molecule has 1 unspecified atom stereocenters. The lowest BCUT2D eigenvalue weighted by molar-refractivity contribution is -0.160. The minimum Gasteiger partial charge on any atom is -0.489 e. The van der Waals surface area contributed by atoms with Gasteiger partial charge in [0.05, 0.1) is 17.4 Å². The van der Waals surface area contributed by atoms with Crippen LogP contribution in [0.5, 0.6) is 5.75 Å². The van der Waals surface area contributed by atoms with Crippen molar-refractivity contribution in [3.8, 4) is 5.75 Å². The molecule has 2 atom stereocenters. The zero-order valence-corrected chi connectivity index (χ0v) is 30.2. The maximum atomic E-state index is 16.1. The number of nitrogens with one attached hydrogen (secondary N) is 3. The van der Waals surface area contributed by atoms with Gasteiger partial charge in [-0.05, 0) is 59.0 Å². The number of rotatable bonds is 17. The number of alkyl halides is 2. The Bertz CT molecular complexity index is 1970. The molecule has 0 spiro atoms. The zero-order chi connectivity index (χ0) is 39.2. The normalized spacial score (nSPS) is 12.3. The van der Waals surface area contributed by atoms with Crippen LogP contribution in [0.2, 0.25) is 0 Å². The lowest BCUT2D eigenvalue weighted by atomic mass is 9.96. The number of ether oxygens (including phenoxy) is 2. The van der Waals surface area contributed by atoms with E-state index in [4.69, 9.17) is 9.47 Å². The number of amides is 3. The summed E-state index contributed by atoms with van der Waals surface area (Å²) in [5.41, 5.74) is 2.45. The van der Waals surface area contributed by atoms with E-state index in [0.717, 1.165) is 5.56 Å². The second-order valence-electron chi connectivity index (χ2n) is 13.0. The van der Waals surface area contributed by atoms with Crippen molar-refractivity contribution in [3.63, 3.8) is 0 Å². The Morgan fingerprint density at radius 3 is 1.73 bits per heavy atom. The van der Waals surface area contributed by atoms with Crippen LogP contribution in [0.4, 0.5) is 13.6 Å². The average Bonchev–Trinajstić information content (AvgIpc) is 3.21. The van der Waals surface area contributed by atoms with Gasteiger partial charge in [-0.15, -0.1) is 0 Å². The van der Waals surface area contributed by atoms with Gasteiger partial charge in [0.25, 0.3) is 5.91 Å². The first kappa shape index (κ1) is 39.7. The van der Waals surface area contributed by atoms with Crippen LogP contribution in [0.1, 0.15) is 48.0 Å². The van der Waals surface area contributed by atoms with E-state index in [1.54, 1.807) is 92.7 Å². The molecule has 3 aromatic carbocycles. The standard InChI is InChI=1S/C42H41F2N5O6/c1-28(2)36(49-41(53)55-27-31-15-7-4-8-16-31)39(51)47-35(25-29-19-21-32(22-20-29)54-26-30-13-5-3-6-14-30)38(50)42(43,44)40(52)48-37(33-17-9-11-23-45-33)34-18-10-12-24-46-34/h3-24,28,35-37H,25-27H2,1-2H3,(H,47,51)(H,48,52)(H,49,53)/t35?,36-/m0/s1. The van der Waals surface area contributed by atoms with E-state index in [9.17, 15) is 19.2 Å². The first-order chi connectivity index (χ1) is 26.5. The highest BCUT2D eigenvalue weighted by Crippen LogP contribution is 2.25. The van der Waals surface area contributed by atoms with Gasteiger partial charge in [0, 0.05) is 18.8 Å². The molecule has 0 radical (unpaired) electrons. The van der Waals surface area contributed by atoms with Crippen LogP contribution in [0.15, 0.2) is 134 Å². The van der Waals surface area contributed by atoms with E-state index in [2.05, 4.69) is 25.9 Å². The number of ketones is 1. The van der Waals surface area contributed by atoms with Crippen molar-refractivity contribution in [2.45, 2.75) is 57.5 Å². The van der Waals surface area contributed by atoms with Crippen molar-refractivity contribution in [2.75, 3.05) is 0 Å². The Labute approximate surface area is 317 Å². The topological polar surface area (TPSA) is 149 Å². The van der Waals surface area contributed by atoms with Crippen molar-refractivity contribution in [3.05, 3.63) is 162 Å². The third-order valence-corrected chi connectivity index (χ3v) is 8.52. The number of carbonyl (C=O) groups is 4. The molecule has 5 aromatic rings. The maximum Gasteiger partial charge on any atom is 0.408 e. The van der Waals surface area contributed by atoms with Gasteiger partial charge in [-0.25, -0.2) is 4.79 Å². The SMILES string of the molecule is CC(C)[C@H](NC(=O)OCc1ccccc1)C(=O)NC(Cc1ccc(OCc2ccccc2)cc1)C(=O)C(F)(F)C(=O)NC(c1ccccn1)c1ccccn1. The summed E-state index contributed by atoms with van der Waals surface area (Å²) < 4.78 is 43.3. The maximum absolute atomic E-state index is 16.1. The third-order valence-electron chi connectivity index (χ3n) is 8.52. The molecule has 0 aliphatic heterocycles. The fourth-order valence-corrected chi connectivity index (χ4v) is 5.54. The molecule has 284 valence electrons. The Kier molecular flexibility index (Phi) is 13.7. The van der Waals surface area contributed by atoms with E-state index in [1.807, 2.05) is 30.3 Å². The predicted octanol–water partition coefficient (Wildman–Crippen LogP) is 6.14. The van der Waals surface area contributed by atoms with E-state index in [-0.39, 0.29) is 24.6 Å². The molecule has 3 N–H and O–H groups in total. The first-order valence-corrected chi connectivity index (χ1v) is 17.6. The van der Waals surface area contributed by atoms with Crippen LogP contribution in [-0.4, -0.2) is 51.7 Å². The molecule has 11 nitrogen and oxygen atoms in total. The van der Waals surface area contributed by atoms with Crippen LogP contribution < -0.4 is 20.7 Å². The Balaban J connectivity index is 1.36. The van der Waals surface area contributed by atoms with Gasteiger partial charge in [-0.3, -0.25) is 24.4 Å². The highest BCUT2D eigenvalue weighted by molar-refractivity contribution is 6.11. The molecule has 0 saturated carbocycles. The summed E-state index contributed by atoms with van der Waals surface area (Å²) in [7, 11) is 0. The molecular weight excluding hydrogens is 708 g/mol. The van der Waals surface area contributed by atoms with Crippen molar-refractivity contribution in [1.29, 1.82) is 0 Å². The largest absolute Gasteiger partial charge is 0.489 e. The Morgan fingerprint density at radius 2 is 1.20 bits per heavy atom. The first-order valence-electron chi connectivity index (χ1n) is 17.6. The Hall–Kier alpha value is -6.50. The molecular formula is C42H41F2N5O6. The number of alkyl carbamates (subject to hydrolysis) is 1. The van der Waals surface area contributed by atoms with Crippen molar-refractivity contribution < 1.29 is 37.4 Å². The van der Waals surface area contributed by atoms with Crippen molar-refractivity contribution in [2.24, 2.45) is 5.92 Å². The number of carbonyl (C=O) groups excluding carboxylic acids is 4. The number of pyridine rings is 2. The van der Waals surface area contributed by atoms with Crippen molar-refractivity contribution in [1.82, 2.24) is 25.9 Å². The molecule has 0 bridgehead atoms. The van der Waals surface area contributed by atoms with Crippen LogP contribution in [0.25, 0.3) is 0 Å². The van der Waals surface area contributed by atoms with Crippen LogP contribution in [-0.2, 0) is 38.8 Å². The Morgan fingerprint density at radius 1 is 0.655 bits per heavy atom. The minimum absolute atomic E-state index is 0.0788. The summed E-state index contributed by atoms with van der Waals surface area (Å²) in [5, 5.41) is 7.10. The summed E-state index contributed by atoms with van der Waals surface area (Å²) in [4.78, 5) is 62.0. The monoisotopic (exact) mass is 749 g/mol. The van der Waals surface area contributed by atoms with Gasteiger partial charge in [-0.2, -0.15) is 8.78 Å². The number of Topliss-reactive ketones (excluding diaryl/α,β-unsaturated/α-hetero) is 1. The highest BCUT2D eigenvalue weighted by atomic mass is 19.3. The number of halogens is 2. The lowest BCUT2D eigenvalue weighted by Gasteiger charge is -2.27.